The number of aromatic nitrogens is 1. The molecule has 0 atom stereocenters. The van der Waals surface area contributed by atoms with Crippen molar-refractivity contribution in [3.8, 4) is 0 Å². The summed E-state index contributed by atoms with van der Waals surface area (Å²) in [6, 6.07) is 15.8. The van der Waals surface area contributed by atoms with Crippen molar-refractivity contribution in [3.63, 3.8) is 0 Å². The molecule has 2 amide bonds. The molecule has 1 aromatic heterocycles. The summed E-state index contributed by atoms with van der Waals surface area (Å²) in [5, 5.41) is 3.55. The Morgan fingerprint density at radius 2 is 1.95 bits per heavy atom. The van der Waals surface area contributed by atoms with E-state index in [0.717, 1.165) is 28.9 Å². The quantitative estimate of drug-likeness (QED) is 0.740. The zero-order chi connectivity index (χ0) is 14.2. The Labute approximate surface area is 126 Å². The van der Waals surface area contributed by atoms with E-state index in [0.29, 0.717) is 5.13 Å². The van der Waals surface area contributed by atoms with Gasteiger partial charge in [-0.05, 0) is 30.2 Å². The topological polar surface area (TPSA) is 45.2 Å². The number of thiazole rings is 1. The van der Waals surface area contributed by atoms with Crippen molar-refractivity contribution >= 4 is 38.4 Å². The largest absolute Gasteiger partial charge is 0.328 e. The molecule has 5 heteroatoms. The van der Waals surface area contributed by atoms with Gasteiger partial charge in [-0.25, -0.2) is 9.78 Å². The summed E-state index contributed by atoms with van der Waals surface area (Å²) in [6.07, 6.45) is 0.906. The van der Waals surface area contributed by atoms with Gasteiger partial charge in [-0.1, -0.05) is 41.7 Å². The predicted molar refractivity (Wildman–Crippen MR) is 86.1 cm³/mol. The van der Waals surface area contributed by atoms with Gasteiger partial charge in [0.2, 0.25) is 0 Å². The Hall–Kier alpha value is -2.40. The molecular weight excluding hydrogens is 282 g/mol. The number of nitrogens with one attached hydrogen (secondary N) is 1. The SMILES string of the molecule is O=C(Nc1nc2ccccc2s1)N1CCc2ccccc21. The van der Waals surface area contributed by atoms with Crippen LogP contribution in [0.4, 0.5) is 15.6 Å². The Balaban J connectivity index is 1.59. The third-order valence-corrected chi connectivity index (χ3v) is 4.59. The first-order chi connectivity index (χ1) is 10.3. The molecule has 0 radical (unpaired) electrons. The molecule has 104 valence electrons. The first-order valence-electron chi connectivity index (χ1n) is 6.83. The molecule has 21 heavy (non-hydrogen) atoms. The number of carbonyl (C=O) groups is 1. The lowest BCUT2D eigenvalue weighted by atomic mass is 10.2. The number of hydrogen-bond acceptors (Lipinski definition) is 3. The lowest BCUT2D eigenvalue weighted by Gasteiger charge is -2.16. The number of benzene rings is 2. The third-order valence-electron chi connectivity index (χ3n) is 3.64. The van der Waals surface area contributed by atoms with Gasteiger partial charge in [-0.2, -0.15) is 0 Å². The molecule has 4 rings (SSSR count). The van der Waals surface area contributed by atoms with E-state index in [9.17, 15) is 4.79 Å². The van der Waals surface area contributed by atoms with Gasteiger partial charge in [-0.15, -0.1) is 0 Å². The summed E-state index contributed by atoms with van der Waals surface area (Å²) in [7, 11) is 0. The normalized spacial score (nSPS) is 13.4. The van der Waals surface area contributed by atoms with E-state index < -0.39 is 0 Å². The molecule has 2 aromatic carbocycles. The zero-order valence-electron chi connectivity index (χ0n) is 11.2. The Morgan fingerprint density at radius 3 is 2.86 bits per heavy atom. The predicted octanol–water partition coefficient (Wildman–Crippen LogP) is 3.89. The summed E-state index contributed by atoms with van der Waals surface area (Å²) >= 11 is 1.50. The summed E-state index contributed by atoms with van der Waals surface area (Å²) in [6.45, 7) is 0.718. The molecule has 1 aliphatic heterocycles. The van der Waals surface area contributed by atoms with E-state index in [2.05, 4.69) is 16.4 Å². The monoisotopic (exact) mass is 295 g/mol. The number of urea groups is 1. The fourth-order valence-corrected chi connectivity index (χ4v) is 3.49. The number of carbonyl (C=O) groups excluding carboxylic acids is 1. The van der Waals surface area contributed by atoms with Gasteiger partial charge in [0.15, 0.2) is 5.13 Å². The second-order valence-corrected chi connectivity index (χ2v) is 5.98. The van der Waals surface area contributed by atoms with Crippen molar-refractivity contribution in [2.45, 2.75) is 6.42 Å². The minimum Gasteiger partial charge on any atom is -0.294 e. The minimum atomic E-state index is -0.112. The molecule has 4 nitrogen and oxygen atoms in total. The standard InChI is InChI=1S/C16H13N3OS/c20-16(19-10-9-11-5-1-3-7-13(11)19)18-15-17-12-6-2-4-8-14(12)21-15/h1-8H,9-10H2,(H,17,18,20). The van der Waals surface area contributed by atoms with Gasteiger partial charge in [0.25, 0.3) is 0 Å². The lowest BCUT2D eigenvalue weighted by Crippen LogP contribution is -2.33. The number of rotatable bonds is 1. The number of para-hydroxylation sites is 2. The molecule has 0 fully saturated rings. The minimum absolute atomic E-state index is 0.112. The smallest absolute Gasteiger partial charge is 0.294 e. The Bertz CT molecular complexity index is 794. The van der Waals surface area contributed by atoms with Crippen LogP contribution in [-0.2, 0) is 6.42 Å². The molecule has 0 saturated carbocycles. The van der Waals surface area contributed by atoms with Crippen molar-refractivity contribution in [3.05, 3.63) is 54.1 Å². The van der Waals surface area contributed by atoms with Crippen LogP contribution < -0.4 is 10.2 Å². The van der Waals surface area contributed by atoms with Crippen molar-refractivity contribution in [2.24, 2.45) is 0 Å². The number of anilines is 2. The number of hydrogen-bond donors (Lipinski definition) is 1. The Kier molecular flexibility index (Phi) is 2.86. The van der Waals surface area contributed by atoms with E-state index >= 15 is 0 Å². The summed E-state index contributed by atoms with van der Waals surface area (Å²) in [4.78, 5) is 18.7. The van der Waals surface area contributed by atoms with Gasteiger partial charge in [0.05, 0.1) is 10.2 Å². The van der Waals surface area contributed by atoms with Crippen LogP contribution in [0, 0.1) is 0 Å². The van der Waals surface area contributed by atoms with E-state index in [1.54, 1.807) is 4.90 Å². The van der Waals surface area contributed by atoms with Gasteiger partial charge >= 0.3 is 6.03 Å². The van der Waals surface area contributed by atoms with Crippen molar-refractivity contribution in [2.75, 3.05) is 16.8 Å². The first-order valence-corrected chi connectivity index (χ1v) is 7.65. The number of nitrogens with zero attached hydrogens (tertiary/aromatic N) is 2. The molecule has 0 saturated heterocycles. The Morgan fingerprint density at radius 1 is 1.14 bits per heavy atom. The van der Waals surface area contributed by atoms with Crippen LogP contribution in [0.3, 0.4) is 0 Å². The molecule has 0 bridgehead atoms. The highest BCUT2D eigenvalue weighted by atomic mass is 32.1. The van der Waals surface area contributed by atoms with Crippen LogP contribution in [0.15, 0.2) is 48.5 Å². The summed E-state index contributed by atoms with van der Waals surface area (Å²) < 4.78 is 1.08. The van der Waals surface area contributed by atoms with Crippen LogP contribution in [0.1, 0.15) is 5.56 Å². The van der Waals surface area contributed by atoms with E-state index in [1.165, 1.54) is 16.9 Å². The van der Waals surface area contributed by atoms with Gasteiger partial charge in [0.1, 0.15) is 0 Å². The molecule has 3 aromatic rings. The molecule has 0 spiro atoms. The molecule has 1 N–H and O–H groups in total. The molecular formula is C16H13N3OS. The van der Waals surface area contributed by atoms with Crippen molar-refractivity contribution in [1.82, 2.24) is 4.98 Å². The highest BCUT2D eigenvalue weighted by molar-refractivity contribution is 7.22. The van der Waals surface area contributed by atoms with Crippen molar-refractivity contribution < 1.29 is 4.79 Å². The van der Waals surface area contributed by atoms with E-state index in [1.807, 2.05) is 42.5 Å². The highest BCUT2D eigenvalue weighted by Crippen LogP contribution is 2.29. The van der Waals surface area contributed by atoms with Crippen LogP contribution in [0.25, 0.3) is 10.2 Å². The lowest BCUT2D eigenvalue weighted by molar-refractivity contribution is 0.257. The fourth-order valence-electron chi connectivity index (χ4n) is 2.63. The summed E-state index contributed by atoms with van der Waals surface area (Å²) in [5.74, 6) is 0. The van der Waals surface area contributed by atoms with Crippen LogP contribution >= 0.6 is 11.3 Å². The average Bonchev–Trinajstić information content (AvgIpc) is 3.10. The summed E-state index contributed by atoms with van der Waals surface area (Å²) in [5.41, 5.74) is 3.13. The van der Waals surface area contributed by atoms with Gasteiger partial charge in [-0.3, -0.25) is 10.2 Å². The highest BCUT2D eigenvalue weighted by Gasteiger charge is 2.24. The molecule has 0 aliphatic carbocycles. The van der Waals surface area contributed by atoms with Gasteiger partial charge in [0, 0.05) is 12.2 Å². The fraction of sp³-hybridized carbons (Fsp3) is 0.125. The molecule has 1 aliphatic rings. The second-order valence-electron chi connectivity index (χ2n) is 4.95. The second kappa shape index (κ2) is 4.86. The average molecular weight is 295 g/mol. The van der Waals surface area contributed by atoms with Crippen molar-refractivity contribution in [1.29, 1.82) is 0 Å². The van der Waals surface area contributed by atoms with Crippen LogP contribution in [0.5, 0.6) is 0 Å². The third kappa shape index (κ3) is 2.15. The number of amides is 2. The van der Waals surface area contributed by atoms with E-state index in [-0.39, 0.29) is 6.03 Å². The van der Waals surface area contributed by atoms with Crippen LogP contribution in [0.2, 0.25) is 0 Å². The maximum Gasteiger partial charge on any atom is 0.328 e. The maximum absolute atomic E-state index is 12.4. The van der Waals surface area contributed by atoms with Gasteiger partial charge < -0.3 is 0 Å². The molecule has 0 unspecified atom stereocenters. The zero-order valence-corrected chi connectivity index (χ0v) is 12.1. The maximum atomic E-state index is 12.4. The molecule has 2 heterocycles. The first kappa shape index (κ1) is 12.3. The van der Waals surface area contributed by atoms with E-state index in [4.69, 9.17) is 0 Å². The number of fused-ring (bicyclic) bond motifs is 2. The van der Waals surface area contributed by atoms with Crippen LogP contribution in [-0.4, -0.2) is 17.6 Å².